The average molecular weight is 272 g/mol. The summed E-state index contributed by atoms with van der Waals surface area (Å²) in [5, 5.41) is 3.25. The van der Waals surface area contributed by atoms with Gasteiger partial charge in [-0.3, -0.25) is 4.90 Å². The van der Waals surface area contributed by atoms with E-state index in [2.05, 4.69) is 34.5 Å². The van der Waals surface area contributed by atoms with Gasteiger partial charge in [-0.05, 0) is 56.3 Å². The molecule has 20 heavy (non-hydrogen) atoms. The SMILES string of the molecule is CNCc1cccc(CN2CCC[C@H]3CCCC[C@H]32)c1. The lowest BCUT2D eigenvalue weighted by atomic mass is 9.78. The third-order valence-electron chi connectivity index (χ3n) is 5.12. The fourth-order valence-corrected chi connectivity index (χ4v) is 4.20. The molecular weight excluding hydrogens is 244 g/mol. The third-order valence-corrected chi connectivity index (χ3v) is 5.12. The van der Waals surface area contributed by atoms with E-state index in [1.165, 1.54) is 56.2 Å². The predicted molar refractivity (Wildman–Crippen MR) is 84.6 cm³/mol. The van der Waals surface area contributed by atoms with Crippen molar-refractivity contribution in [2.75, 3.05) is 13.6 Å². The molecule has 0 radical (unpaired) electrons. The number of nitrogens with one attached hydrogen (secondary N) is 1. The Morgan fingerprint density at radius 1 is 1.10 bits per heavy atom. The van der Waals surface area contributed by atoms with E-state index in [9.17, 15) is 0 Å². The Morgan fingerprint density at radius 2 is 1.90 bits per heavy atom. The van der Waals surface area contributed by atoms with E-state index in [1.54, 1.807) is 0 Å². The van der Waals surface area contributed by atoms with Crippen LogP contribution in [0.25, 0.3) is 0 Å². The first-order valence-electron chi connectivity index (χ1n) is 8.33. The summed E-state index contributed by atoms with van der Waals surface area (Å²) in [5.74, 6) is 0.984. The third kappa shape index (κ3) is 3.24. The minimum absolute atomic E-state index is 0.866. The van der Waals surface area contributed by atoms with Crippen molar-refractivity contribution < 1.29 is 0 Å². The minimum Gasteiger partial charge on any atom is -0.316 e. The van der Waals surface area contributed by atoms with E-state index in [0.29, 0.717) is 0 Å². The number of piperidine rings is 1. The van der Waals surface area contributed by atoms with Crippen LogP contribution in [0.4, 0.5) is 0 Å². The zero-order valence-corrected chi connectivity index (χ0v) is 12.8. The molecule has 1 aromatic rings. The molecule has 1 aromatic carbocycles. The lowest BCUT2D eigenvalue weighted by molar-refractivity contribution is 0.0547. The fraction of sp³-hybridized carbons (Fsp3) is 0.667. The molecule has 110 valence electrons. The molecule has 2 aliphatic rings. The molecule has 2 heteroatoms. The van der Waals surface area contributed by atoms with Crippen molar-refractivity contribution in [2.45, 2.75) is 57.7 Å². The first-order valence-corrected chi connectivity index (χ1v) is 8.33. The van der Waals surface area contributed by atoms with Crippen LogP contribution in [-0.4, -0.2) is 24.5 Å². The summed E-state index contributed by atoms with van der Waals surface area (Å²) in [6.45, 7) is 3.43. The van der Waals surface area contributed by atoms with Crippen molar-refractivity contribution in [1.82, 2.24) is 10.2 Å². The van der Waals surface area contributed by atoms with Gasteiger partial charge in [-0.2, -0.15) is 0 Å². The van der Waals surface area contributed by atoms with Crippen molar-refractivity contribution in [1.29, 1.82) is 0 Å². The van der Waals surface area contributed by atoms with Crippen LogP contribution in [0.1, 0.15) is 49.7 Å². The number of nitrogens with zero attached hydrogens (tertiary/aromatic N) is 1. The molecule has 0 spiro atoms. The van der Waals surface area contributed by atoms with Crippen LogP contribution in [0.2, 0.25) is 0 Å². The normalized spacial score (nSPS) is 27.2. The lowest BCUT2D eigenvalue weighted by Crippen LogP contribution is -2.46. The second-order valence-corrected chi connectivity index (χ2v) is 6.57. The Kier molecular flexibility index (Phi) is 4.74. The van der Waals surface area contributed by atoms with E-state index in [4.69, 9.17) is 0 Å². The molecule has 1 saturated carbocycles. The van der Waals surface area contributed by atoms with E-state index in [-0.39, 0.29) is 0 Å². The number of rotatable bonds is 4. The van der Waals surface area contributed by atoms with Gasteiger partial charge >= 0.3 is 0 Å². The van der Waals surface area contributed by atoms with E-state index in [1.807, 2.05) is 7.05 Å². The highest BCUT2D eigenvalue weighted by Crippen LogP contribution is 2.35. The average Bonchev–Trinajstić information content (AvgIpc) is 2.48. The molecule has 0 amide bonds. The van der Waals surface area contributed by atoms with Gasteiger partial charge in [-0.25, -0.2) is 0 Å². The maximum absolute atomic E-state index is 3.25. The Bertz CT molecular complexity index is 427. The van der Waals surface area contributed by atoms with Crippen molar-refractivity contribution in [3.05, 3.63) is 35.4 Å². The van der Waals surface area contributed by atoms with Crippen molar-refractivity contribution in [3.8, 4) is 0 Å². The van der Waals surface area contributed by atoms with Gasteiger partial charge in [-0.15, -0.1) is 0 Å². The molecule has 1 aliphatic carbocycles. The zero-order chi connectivity index (χ0) is 13.8. The first kappa shape index (κ1) is 14.1. The Morgan fingerprint density at radius 3 is 2.80 bits per heavy atom. The van der Waals surface area contributed by atoms with Crippen LogP contribution < -0.4 is 5.32 Å². The summed E-state index contributed by atoms with van der Waals surface area (Å²) in [7, 11) is 2.02. The van der Waals surface area contributed by atoms with Crippen LogP contribution in [0.15, 0.2) is 24.3 Å². The van der Waals surface area contributed by atoms with Gasteiger partial charge in [0.1, 0.15) is 0 Å². The van der Waals surface area contributed by atoms with Gasteiger partial charge in [0.25, 0.3) is 0 Å². The van der Waals surface area contributed by atoms with Crippen molar-refractivity contribution >= 4 is 0 Å². The van der Waals surface area contributed by atoms with Gasteiger partial charge in [0.2, 0.25) is 0 Å². The zero-order valence-electron chi connectivity index (χ0n) is 12.8. The van der Waals surface area contributed by atoms with Gasteiger partial charge in [0.05, 0.1) is 0 Å². The highest BCUT2D eigenvalue weighted by atomic mass is 15.2. The molecule has 1 heterocycles. The summed E-state index contributed by atoms with van der Waals surface area (Å²) in [5.41, 5.74) is 2.89. The lowest BCUT2D eigenvalue weighted by Gasteiger charge is -2.44. The molecule has 1 N–H and O–H groups in total. The highest BCUT2D eigenvalue weighted by Gasteiger charge is 2.32. The quantitative estimate of drug-likeness (QED) is 0.901. The number of hydrogen-bond donors (Lipinski definition) is 1. The van der Waals surface area contributed by atoms with Gasteiger partial charge in [0, 0.05) is 19.1 Å². The molecule has 3 rings (SSSR count). The maximum atomic E-state index is 3.25. The maximum Gasteiger partial charge on any atom is 0.0236 e. The molecule has 1 aliphatic heterocycles. The van der Waals surface area contributed by atoms with Crippen LogP contribution in [0.3, 0.4) is 0 Å². The molecular formula is C18H28N2. The van der Waals surface area contributed by atoms with Gasteiger partial charge < -0.3 is 5.32 Å². The Balaban J connectivity index is 1.68. The molecule has 0 bridgehead atoms. The smallest absolute Gasteiger partial charge is 0.0236 e. The second kappa shape index (κ2) is 6.73. The van der Waals surface area contributed by atoms with E-state index < -0.39 is 0 Å². The number of likely N-dealkylation sites (tertiary alicyclic amines) is 1. The van der Waals surface area contributed by atoms with Crippen LogP contribution in [0, 0.1) is 5.92 Å². The summed E-state index contributed by atoms with van der Waals surface area (Å²) < 4.78 is 0. The number of fused-ring (bicyclic) bond motifs is 1. The van der Waals surface area contributed by atoms with Crippen LogP contribution in [-0.2, 0) is 13.1 Å². The van der Waals surface area contributed by atoms with Crippen molar-refractivity contribution in [2.24, 2.45) is 5.92 Å². The summed E-state index contributed by atoms with van der Waals surface area (Å²) in [4.78, 5) is 2.77. The molecule has 0 aromatic heterocycles. The number of hydrogen-bond acceptors (Lipinski definition) is 2. The second-order valence-electron chi connectivity index (χ2n) is 6.57. The number of benzene rings is 1. The van der Waals surface area contributed by atoms with E-state index >= 15 is 0 Å². The van der Waals surface area contributed by atoms with Gasteiger partial charge in [-0.1, -0.05) is 37.1 Å². The highest BCUT2D eigenvalue weighted by molar-refractivity contribution is 5.23. The minimum atomic E-state index is 0.866. The summed E-state index contributed by atoms with van der Waals surface area (Å²) in [6.07, 6.45) is 8.68. The standard InChI is InChI=1S/C18H28N2/c1-19-13-15-6-4-7-16(12-15)14-20-11-5-9-17-8-2-3-10-18(17)20/h4,6-7,12,17-19H,2-3,5,8-11,13-14H2,1H3/t17-,18-/m1/s1. The molecule has 1 saturated heterocycles. The van der Waals surface area contributed by atoms with Crippen molar-refractivity contribution in [3.63, 3.8) is 0 Å². The molecule has 2 nitrogen and oxygen atoms in total. The molecule has 2 fully saturated rings. The Labute approximate surface area is 123 Å². The fourth-order valence-electron chi connectivity index (χ4n) is 4.20. The first-order chi connectivity index (χ1) is 9.86. The summed E-state index contributed by atoms with van der Waals surface area (Å²) in [6, 6.07) is 9.98. The topological polar surface area (TPSA) is 15.3 Å². The Hall–Kier alpha value is -0.860. The molecule has 2 atom stereocenters. The monoisotopic (exact) mass is 272 g/mol. The predicted octanol–water partition coefficient (Wildman–Crippen LogP) is 3.56. The van der Waals surface area contributed by atoms with E-state index in [0.717, 1.165) is 25.0 Å². The largest absolute Gasteiger partial charge is 0.316 e. The molecule has 0 unspecified atom stereocenters. The van der Waals surface area contributed by atoms with Crippen LogP contribution in [0.5, 0.6) is 0 Å². The van der Waals surface area contributed by atoms with Crippen LogP contribution >= 0.6 is 0 Å². The van der Waals surface area contributed by atoms with Gasteiger partial charge in [0.15, 0.2) is 0 Å². The summed E-state index contributed by atoms with van der Waals surface area (Å²) >= 11 is 0.